The van der Waals surface area contributed by atoms with Crippen molar-refractivity contribution in [1.29, 1.82) is 0 Å². The summed E-state index contributed by atoms with van der Waals surface area (Å²) in [6.45, 7) is 3.89. The Morgan fingerprint density at radius 3 is 2.60 bits per heavy atom. The normalized spacial score (nSPS) is 11.6. The van der Waals surface area contributed by atoms with Gasteiger partial charge in [0, 0.05) is 0 Å². The lowest BCUT2D eigenvalue weighted by Crippen LogP contribution is -1.86. The summed E-state index contributed by atoms with van der Waals surface area (Å²) in [5.74, 6) is 0.896. The monoisotopic (exact) mass is 161 g/mol. The van der Waals surface area contributed by atoms with Gasteiger partial charge in [0.15, 0.2) is 0 Å². The Hall–Kier alpha value is -0.510. The standard InChI is InChI=1S/C6H11NO2S/c1-3-6(10-4-2)5-7(8)9/h5H,3-4H2,1-2H3/b6-5+. The average Bonchev–Trinajstić information content (AvgIpc) is 1.86. The van der Waals surface area contributed by atoms with Crippen LogP contribution in [0.5, 0.6) is 0 Å². The molecule has 0 atom stereocenters. The van der Waals surface area contributed by atoms with E-state index < -0.39 is 4.92 Å². The van der Waals surface area contributed by atoms with Crippen molar-refractivity contribution < 1.29 is 4.92 Å². The molecule has 0 aliphatic rings. The molecule has 0 saturated heterocycles. The third-order valence-electron chi connectivity index (χ3n) is 0.928. The predicted molar refractivity (Wildman–Crippen MR) is 43.5 cm³/mol. The van der Waals surface area contributed by atoms with E-state index in [4.69, 9.17) is 0 Å². The van der Waals surface area contributed by atoms with E-state index in [2.05, 4.69) is 0 Å². The Morgan fingerprint density at radius 2 is 2.30 bits per heavy atom. The van der Waals surface area contributed by atoms with E-state index >= 15 is 0 Å². The molecule has 0 amide bonds. The molecule has 0 fully saturated rings. The third-order valence-corrected chi connectivity index (χ3v) is 1.98. The van der Waals surface area contributed by atoms with Crippen molar-refractivity contribution in [1.82, 2.24) is 0 Å². The molecule has 58 valence electrons. The maximum atomic E-state index is 9.96. The van der Waals surface area contributed by atoms with Crippen LogP contribution in [0.3, 0.4) is 0 Å². The van der Waals surface area contributed by atoms with Gasteiger partial charge in [0.25, 0.3) is 0 Å². The van der Waals surface area contributed by atoms with Gasteiger partial charge in [-0.1, -0.05) is 13.8 Å². The zero-order valence-electron chi connectivity index (χ0n) is 6.16. The molecule has 0 aromatic carbocycles. The van der Waals surface area contributed by atoms with Crippen LogP contribution in [0.25, 0.3) is 0 Å². The summed E-state index contributed by atoms with van der Waals surface area (Å²) in [6, 6.07) is 0. The Balaban J connectivity index is 3.91. The number of nitro groups is 1. The molecule has 4 heteroatoms. The van der Waals surface area contributed by atoms with Crippen molar-refractivity contribution in [3.8, 4) is 0 Å². The number of nitrogens with zero attached hydrogens (tertiary/aromatic N) is 1. The van der Waals surface area contributed by atoms with E-state index in [1.165, 1.54) is 11.8 Å². The van der Waals surface area contributed by atoms with Crippen molar-refractivity contribution >= 4 is 11.8 Å². The molecule has 0 unspecified atom stereocenters. The second-order valence-electron chi connectivity index (χ2n) is 1.67. The summed E-state index contributed by atoms with van der Waals surface area (Å²) >= 11 is 1.52. The number of hydrogen-bond donors (Lipinski definition) is 0. The minimum Gasteiger partial charge on any atom is -0.259 e. The molecule has 3 nitrogen and oxygen atoms in total. The first-order chi connectivity index (χ1) is 4.70. The Labute approximate surface area is 64.7 Å². The average molecular weight is 161 g/mol. The molecule has 0 aliphatic carbocycles. The van der Waals surface area contributed by atoms with E-state index in [1.54, 1.807) is 0 Å². The quantitative estimate of drug-likeness (QED) is 0.469. The maximum Gasteiger partial charge on any atom is 0.243 e. The van der Waals surface area contributed by atoms with E-state index in [9.17, 15) is 10.1 Å². The molecular formula is C6H11NO2S. The van der Waals surface area contributed by atoms with Crippen molar-refractivity contribution in [3.63, 3.8) is 0 Å². The van der Waals surface area contributed by atoms with Crippen LogP contribution in [0.1, 0.15) is 20.3 Å². The molecule has 0 aromatic rings. The SMILES string of the molecule is CCS/C(=C/[N+](=O)[O-])CC. The smallest absolute Gasteiger partial charge is 0.243 e. The van der Waals surface area contributed by atoms with Crippen LogP contribution < -0.4 is 0 Å². The van der Waals surface area contributed by atoms with Gasteiger partial charge < -0.3 is 0 Å². The fourth-order valence-electron chi connectivity index (χ4n) is 0.534. The van der Waals surface area contributed by atoms with Crippen LogP contribution in [0.4, 0.5) is 0 Å². The zero-order valence-corrected chi connectivity index (χ0v) is 6.98. The molecule has 0 aliphatic heterocycles. The van der Waals surface area contributed by atoms with Crippen molar-refractivity contribution in [2.45, 2.75) is 20.3 Å². The molecule has 0 spiro atoms. The van der Waals surface area contributed by atoms with Crippen LogP contribution >= 0.6 is 11.8 Å². The largest absolute Gasteiger partial charge is 0.259 e. The zero-order chi connectivity index (χ0) is 7.98. The highest BCUT2D eigenvalue weighted by Gasteiger charge is 1.98. The van der Waals surface area contributed by atoms with Crippen LogP contribution in [0.2, 0.25) is 0 Å². The van der Waals surface area contributed by atoms with Crippen molar-refractivity contribution in [3.05, 3.63) is 21.2 Å². The first kappa shape index (κ1) is 9.49. The lowest BCUT2D eigenvalue weighted by molar-refractivity contribution is -0.403. The molecule has 0 radical (unpaired) electrons. The first-order valence-corrected chi connectivity index (χ1v) is 4.16. The fraction of sp³-hybridized carbons (Fsp3) is 0.667. The molecule has 0 bridgehead atoms. The summed E-state index contributed by atoms with van der Waals surface area (Å²) in [6.07, 6.45) is 1.83. The first-order valence-electron chi connectivity index (χ1n) is 3.17. The molecule has 0 rings (SSSR count). The van der Waals surface area contributed by atoms with Gasteiger partial charge in [-0.2, -0.15) is 0 Å². The molecule has 0 aromatic heterocycles. The van der Waals surface area contributed by atoms with Gasteiger partial charge >= 0.3 is 0 Å². The van der Waals surface area contributed by atoms with Crippen molar-refractivity contribution in [2.75, 3.05) is 5.75 Å². The minimum atomic E-state index is -0.401. The van der Waals surface area contributed by atoms with Crippen LogP contribution in [-0.4, -0.2) is 10.7 Å². The molecule has 0 saturated carbocycles. The lowest BCUT2D eigenvalue weighted by atomic mass is 10.5. The summed E-state index contributed by atoms with van der Waals surface area (Å²) < 4.78 is 0. The maximum absolute atomic E-state index is 9.96. The summed E-state index contributed by atoms with van der Waals surface area (Å²) in [5.41, 5.74) is 0. The van der Waals surface area contributed by atoms with Gasteiger partial charge in [0.1, 0.15) is 0 Å². The lowest BCUT2D eigenvalue weighted by Gasteiger charge is -1.95. The van der Waals surface area contributed by atoms with Crippen molar-refractivity contribution in [2.24, 2.45) is 0 Å². The van der Waals surface area contributed by atoms with Crippen LogP contribution in [0, 0.1) is 10.1 Å². The van der Waals surface area contributed by atoms with E-state index in [0.29, 0.717) is 0 Å². The number of thioether (sulfide) groups is 1. The van der Waals surface area contributed by atoms with Gasteiger partial charge in [0.2, 0.25) is 6.20 Å². The Bertz CT molecular complexity index is 145. The van der Waals surface area contributed by atoms with Gasteiger partial charge in [-0.25, -0.2) is 0 Å². The highest BCUT2D eigenvalue weighted by molar-refractivity contribution is 8.03. The second kappa shape index (κ2) is 5.29. The van der Waals surface area contributed by atoms with Gasteiger partial charge in [0.05, 0.1) is 9.83 Å². The number of rotatable bonds is 4. The topological polar surface area (TPSA) is 43.1 Å². The number of allylic oxidation sites excluding steroid dienone is 1. The Kier molecular flexibility index (Phi) is 5.02. The highest BCUT2D eigenvalue weighted by atomic mass is 32.2. The number of hydrogen-bond acceptors (Lipinski definition) is 3. The van der Waals surface area contributed by atoms with Crippen LogP contribution in [0.15, 0.2) is 11.1 Å². The minimum absolute atomic E-state index is 0.401. The molecular weight excluding hydrogens is 150 g/mol. The Morgan fingerprint density at radius 1 is 1.70 bits per heavy atom. The molecule has 10 heavy (non-hydrogen) atoms. The van der Waals surface area contributed by atoms with E-state index in [0.717, 1.165) is 23.3 Å². The van der Waals surface area contributed by atoms with Crippen LogP contribution in [-0.2, 0) is 0 Å². The van der Waals surface area contributed by atoms with Gasteiger partial charge in [-0.15, -0.1) is 11.8 Å². The summed E-state index contributed by atoms with van der Waals surface area (Å²) in [4.78, 5) is 10.4. The van der Waals surface area contributed by atoms with E-state index in [1.807, 2.05) is 13.8 Å². The third kappa shape index (κ3) is 4.38. The summed E-state index contributed by atoms with van der Waals surface area (Å²) in [7, 11) is 0. The molecule has 0 N–H and O–H groups in total. The van der Waals surface area contributed by atoms with Gasteiger partial charge in [-0.05, 0) is 12.2 Å². The predicted octanol–water partition coefficient (Wildman–Crippen LogP) is 2.27. The fourth-order valence-corrected chi connectivity index (χ4v) is 1.27. The second-order valence-corrected chi connectivity index (χ2v) is 3.06. The summed E-state index contributed by atoms with van der Waals surface area (Å²) in [5, 5.41) is 9.96. The molecule has 0 heterocycles. The highest BCUT2D eigenvalue weighted by Crippen LogP contribution is 2.17. The van der Waals surface area contributed by atoms with E-state index in [-0.39, 0.29) is 0 Å². The van der Waals surface area contributed by atoms with Gasteiger partial charge in [-0.3, -0.25) is 10.1 Å².